The number of carbonyl (C=O) groups is 1. The number of aromatic nitrogens is 4. The van der Waals surface area contributed by atoms with Gasteiger partial charge in [-0.3, -0.25) is 24.6 Å². The van der Waals surface area contributed by atoms with Crippen molar-refractivity contribution in [3.8, 4) is 0 Å². The van der Waals surface area contributed by atoms with Crippen LogP contribution >= 0.6 is 25.8 Å². The molecule has 6 rings (SSSR count). The first-order valence-electron chi connectivity index (χ1n) is 11.4. The van der Waals surface area contributed by atoms with E-state index in [9.17, 15) is 14.3 Å². The molecule has 3 unspecified atom stereocenters. The standard InChI is InChI=1S/C17H19FN10O8P2S2/c18-10-8-4-33-37(30,39)32-2-1-27-9(22-7-3-20-6-21-13(7)27)5-34-38(31,40)36-12(10)16(35-8)28-14-11(25-26-28)15(29)24-17(19)23-14/h3,6,8,10-12,16H,1-2,4-5H2,(H,30,39)(H,31,40)(H2,19,24,29)/t8-,10+,11?,12-,16+,37?,38?/m1/s1. The lowest BCUT2D eigenvalue weighted by molar-refractivity contribution is -0.119. The van der Waals surface area contributed by atoms with Crippen LogP contribution in [0.5, 0.6) is 0 Å². The molecule has 7 atom stereocenters. The van der Waals surface area contributed by atoms with Gasteiger partial charge in [0.1, 0.15) is 36.5 Å². The number of imidazole rings is 1. The number of amides is 1. The fraction of sp³-hybridized carbons (Fsp3) is 0.529. The smallest absolute Gasteiger partial charge is 0.345 e. The SMILES string of the molecule is N=C1N=C2C(N=NN2[C@H]2O[C@@H]3COP(O)(=S)OCCn4c(nc5cncnc54)COP(=O)(S)O[C@@H]2[C@H]3F)C(=O)N1. The first-order chi connectivity index (χ1) is 19.0. The summed E-state index contributed by atoms with van der Waals surface area (Å²) in [7, 11) is 0. The summed E-state index contributed by atoms with van der Waals surface area (Å²) in [6, 6.07) is -1.23. The van der Waals surface area contributed by atoms with E-state index in [1.165, 1.54) is 12.5 Å². The Morgan fingerprint density at radius 2 is 2.15 bits per heavy atom. The highest BCUT2D eigenvalue weighted by Gasteiger charge is 2.55. The number of nitrogens with one attached hydrogen (secondary N) is 2. The Labute approximate surface area is 233 Å². The highest BCUT2D eigenvalue weighted by atomic mass is 32.7. The third-order valence-corrected chi connectivity index (χ3v) is 9.25. The van der Waals surface area contributed by atoms with Crippen molar-refractivity contribution >= 4 is 66.4 Å². The highest BCUT2D eigenvalue weighted by molar-refractivity contribution is 8.44. The first-order valence-corrected chi connectivity index (χ1v) is 16.7. The molecule has 18 nitrogen and oxygen atoms in total. The van der Waals surface area contributed by atoms with Gasteiger partial charge in [-0.25, -0.2) is 23.9 Å². The van der Waals surface area contributed by atoms with Gasteiger partial charge in [0.15, 0.2) is 23.9 Å². The summed E-state index contributed by atoms with van der Waals surface area (Å²) < 4.78 is 58.1. The number of thiol groups is 1. The van der Waals surface area contributed by atoms with Gasteiger partial charge in [0.2, 0.25) is 12.0 Å². The average molecular weight is 636 g/mol. The van der Waals surface area contributed by atoms with Gasteiger partial charge in [0, 0.05) is 6.54 Å². The van der Waals surface area contributed by atoms with Gasteiger partial charge >= 0.3 is 13.5 Å². The van der Waals surface area contributed by atoms with Crippen LogP contribution in [0.25, 0.3) is 11.2 Å². The molecule has 0 saturated carbocycles. The van der Waals surface area contributed by atoms with E-state index in [1.54, 1.807) is 4.57 Å². The maximum atomic E-state index is 15.8. The minimum atomic E-state index is -4.33. The van der Waals surface area contributed by atoms with Gasteiger partial charge in [-0.2, -0.15) is 10.0 Å². The predicted molar refractivity (Wildman–Crippen MR) is 137 cm³/mol. The van der Waals surface area contributed by atoms with E-state index in [1.807, 2.05) is 0 Å². The van der Waals surface area contributed by atoms with E-state index in [4.69, 9.17) is 40.0 Å². The van der Waals surface area contributed by atoms with Crippen molar-refractivity contribution in [1.82, 2.24) is 29.8 Å². The van der Waals surface area contributed by atoms with Gasteiger partial charge < -0.3 is 23.2 Å². The minimum Gasteiger partial charge on any atom is -0.345 e. The molecule has 1 saturated heterocycles. The Hall–Kier alpha value is -2.32. The predicted octanol–water partition coefficient (Wildman–Crippen LogP) is 0.607. The van der Waals surface area contributed by atoms with E-state index in [0.29, 0.717) is 11.2 Å². The van der Waals surface area contributed by atoms with Crippen LogP contribution in [0.15, 0.2) is 27.9 Å². The Balaban J connectivity index is 1.33. The molecule has 1 fully saturated rings. The van der Waals surface area contributed by atoms with Crippen LogP contribution in [0.1, 0.15) is 5.82 Å². The van der Waals surface area contributed by atoms with E-state index in [0.717, 1.165) is 5.01 Å². The van der Waals surface area contributed by atoms with Gasteiger partial charge in [0.05, 0.1) is 19.4 Å². The number of amidine groups is 1. The summed E-state index contributed by atoms with van der Waals surface area (Å²) >= 11 is 9.09. The topological polar surface area (TPSA) is 220 Å². The van der Waals surface area contributed by atoms with E-state index in [-0.39, 0.29) is 24.8 Å². The fourth-order valence-electron chi connectivity index (χ4n) is 4.30. The monoisotopic (exact) mass is 636 g/mol. The number of hydrogen-bond acceptors (Lipinski definition) is 15. The van der Waals surface area contributed by atoms with Crippen LogP contribution in [-0.2, 0) is 57.1 Å². The number of nitrogens with zero attached hydrogens (tertiary/aromatic N) is 8. The van der Waals surface area contributed by atoms with Crippen LogP contribution in [0.3, 0.4) is 0 Å². The van der Waals surface area contributed by atoms with Crippen LogP contribution < -0.4 is 5.32 Å². The number of alkyl halides is 1. The molecule has 2 aromatic heterocycles. The fourth-order valence-corrected chi connectivity index (χ4v) is 6.80. The van der Waals surface area contributed by atoms with E-state index < -0.39 is 69.2 Å². The highest BCUT2D eigenvalue weighted by Crippen LogP contribution is 2.57. The Kier molecular flexibility index (Phi) is 7.31. The largest absolute Gasteiger partial charge is 0.387 e. The zero-order valence-electron chi connectivity index (χ0n) is 19.9. The molecule has 4 aliphatic rings. The molecule has 3 N–H and O–H groups in total. The number of hydrogen-bond donors (Lipinski definition) is 4. The maximum Gasteiger partial charge on any atom is 0.387 e. The third-order valence-electron chi connectivity index (χ3n) is 6.04. The second-order valence-electron chi connectivity index (χ2n) is 8.59. The number of aliphatic imine (C=N–C) groups is 1. The summed E-state index contributed by atoms with van der Waals surface area (Å²) in [6.45, 7) is -9.26. The second-order valence-corrected chi connectivity index (χ2v) is 14.3. The average Bonchev–Trinajstić information content (AvgIpc) is 3.55. The van der Waals surface area contributed by atoms with Crippen molar-refractivity contribution in [1.29, 1.82) is 5.41 Å². The van der Waals surface area contributed by atoms with Crippen molar-refractivity contribution in [2.75, 3.05) is 13.2 Å². The van der Waals surface area contributed by atoms with Gasteiger partial charge in [0.25, 0.3) is 5.91 Å². The Morgan fingerprint density at radius 3 is 2.98 bits per heavy atom. The Morgan fingerprint density at radius 1 is 1.32 bits per heavy atom. The normalized spacial score (nSPS) is 36.9. The molecule has 214 valence electrons. The number of rotatable bonds is 1. The summed E-state index contributed by atoms with van der Waals surface area (Å²) in [5, 5.41) is 18.5. The zero-order valence-corrected chi connectivity index (χ0v) is 23.4. The number of ether oxygens (including phenoxy) is 1. The summed E-state index contributed by atoms with van der Waals surface area (Å²) in [5.41, 5.74) is 0.793. The maximum absolute atomic E-state index is 15.8. The Bertz CT molecular complexity index is 1540. The molecule has 0 aliphatic carbocycles. The van der Waals surface area contributed by atoms with Crippen LogP contribution in [0.4, 0.5) is 4.39 Å². The molecule has 23 heteroatoms. The quantitative estimate of drug-likeness (QED) is 0.249. The zero-order chi connectivity index (χ0) is 28.2. The number of carbonyl (C=O) groups excluding carboxylic acids is 1. The summed E-state index contributed by atoms with van der Waals surface area (Å²) in [5.74, 6) is -1.10. The van der Waals surface area contributed by atoms with E-state index >= 15 is 4.39 Å². The molecule has 2 aromatic rings. The van der Waals surface area contributed by atoms with Gasteiger partial charge in [-0.1, -0.05) is 17.5 Å². The molecule has 40 heavy (non-hydrogen) atoms. The molecular formula is C17H19FN10O8P2S2. The van der Waals surface area contributed by atoms with Crippen molar-refractivity contribution in [2.24, 2.45) is 15.3 Å². The van der Waals surface area contributed by atoms with Crippen LogP contribution in [0, 0.1) is 5.41 Å². The van der Waals surface area contributed by atoms with Crippen LogP contribution in [-0.4, -0.2) is 91.0 Å². The molecule has 6 heterocycles. The molecule has 2 bridgehead atoms. The van der Waals surface area contributed by atoms with Crippen molar-refractivity contribution < 1.29 is 41.5 Å². The minimum absolute atomic E-state index is 0.0917. The second kappa shape index (κ2) is 10.5. The van der Waals surface area contributed by atoms with E-state index in [2.05, 4.69) is 47.8 Å². The molecule has 4 aliphatic heterocycles. The molecule has 0 spiro atoms. The molecular weight excluding hydrogens is 617 g/mol. The lowest BCUT2D eigenvalue weighted by Gasteiger charge is -2.29. The first kappa shape index (κ1) is 27.8. The van der Waals surface area contributed by atoms with Crippen molar-refractivity contribution in [2.45, 2.75) is 43.8 Å². The van der Waals surface area contributed by atoms with Crippen molar-refractivity contribution in [3.05, 3.63) is 18.3 Å². The summed E-state index contributed by atoms with van der Waals surface area (Å²) in [4.78, 5) is 39.2. The molecule has 0 radical (unpaired) electrons. The third kappa shape index (κ3) is 5.34. The molecule has 0 aromatic carbocycles. The summed E-state index contributed by atoms with van der Waals surface area (Å²) in [6.07, 6.45) is -3.94. The number of fused-ring (bicyclic) bond motifs is 6. The number of guanidine groups is 1. The lowest BCUT2D eigenvalue weighted by Crippen LogP contribution is -2.52. The van der Waals surface area contributed by atoms with Crippen LogP contribution in [0.2, 0.25) is 0 Å². The lowest BCUT2D eigenvalue weighted by atomic mass is 10.1. The molecule has 1 amide bonds. The van der Waals surface area contributed by atoms with Gasteiger partial charge in [-0.05, 0) is 11.8 Å². The van der Waals surface area contributed by atoms with Gasteiger partial charge in [-0.15, -0.1) is 5.11 Å². The van der Waals surface area contributed by atoms with Crippen molar-refractivity contribution in [3.63, 3.8) is 0 Å². The number of halogens is 1.